The summed E-state index contributed by atoms with van der Waals surface area (Å²) in [6.45, 7) is 16.8. The molecular formula is C16H32N2O. The highest BCUT2D eigenvalue weighted by molar-refractivity contribution is 4.97. The lowest BCUT2D eigenvalue weighted by Crippen LogP contribution is -2.44. The van der Waals surface area contributed by atoms with Crippen molar-refractivity contribution in [2.45, 2.75) is 53.1 Å². The van der Waals surface area contributed by atoms with E-state index in [4.69, 9.17) is 4.74 Å². The van der Waals surface area contributed by atoms with E-state index in [9.17, 15) is 0 Å². The fourth-order valence-corrected chi connectivity index (χ4v) is 3.41. The first kappa shape index (κ1) is 15.3. The molecule has 3 heteroatoms. The van der Waals surface area contributed by atoms with Crippen LogP contribution in [0.1, 0.15) is 47.5 Å². The second kappa shape index (κ2) is 5.34. The van der Waals surface area contributed by atoms with Crippen molar-refractivity contribution in [2.75, 3.05) is 32.8 Å². The van der Waals surface area contributed by atoms with Crippen LogP contribution in [0.25, 0.3) is 0 Å². The Kier molecular flexibility index (Phi) is 4.29. The Bertz CT molecular complexity index is 316. The van der Waals surface area contributed by atoms with Crippen LogP contribution in [0.2, 0.25) is 0 Å². The molecule has 0 amide bonds. The second-order valence-electron chi connectivity index (χ2n) is 8.15. The zero-order valence-electron chi connectivity index (χ0n) is 13.4. The normalized spacial score (nSPS) is 40.1. The molecule has 2 unspecified atom stereocenters. The molecule has 2 N–H and O–H groups in total. The van der Waals surface area contributed by atoms with E-state index in [2.05, 4.69) is 45.3 Å². The molecule has 19 heavy (non-hydrogen) atoms. The molecule has 2 atom stereocenters. The molecule has 0 aromatic carbocycles. The molecule has 0 saturated carbocycles. The topological polar surface area (TPSA) is 33.3 Å². The third-order valence-corrected chi connectivity index (χ3v) is 5.24. The van der Waals surface area contributed by atoms with Gasteiger partial charge in [0.1, 0.15) is 0 Å². The summed E-state index contributed by atoms with van der Waals surface area (Å²) in [6, 6.07) is 0. The minimum Gasteiger partial charge on any atom is -0.373 e. The Morgan fingerprint density at radius 3 is 2.42 bits per heavy atom. The van der Waals surface area contributed by atoms with Crippen molar-refractivity contribution >= 4 is 0 Å². The van der Waals surface area contributed by atoms with E-state index in [-0.39, 0.29) is 11.0 Å². The number of hydrogen-bond acceptors (Lipinski definition) is 3. The molecular weight excluding hydrogens is 236 g/mol. The lowest BCUT2D eigenvalue weighted by atomic mass is 9.79. The van der Waals surface area contributed by atoms with E-state index in [0.29, 0.717) is 11.3 Å². The molecule has 2 aliphatic heterocycles. The summed E-state index contributed by atoms with van der Waals surface area (Å²) < 4.78 is 6.52. The fraction of sp³-hybridized carbons (Fsp3) is 1.00. The van der Waals surface area contributed by atoms with E-state index in [1.807, 2.05) is 0 Å². The van der Waals surface area contributed by atoms with Gasteiger partial charge in [-0.1, -0.05) is 34.6 Å². The van der Waals surface area contributed by atoms with Crippen LogP contribution in [0.15, 0.2) is 0 Å². The summed E-state index contributed by atoms with van der Waals surface area (Å²) in [6.07, 6.45) is 2.27. The van der Waals surface area contributed by atoms with Crippen LogP contribution in [0.5, 0.6) is 0 Å². The summed E-state index contributed by atoms with van der Waals surface area (Å²) in [7, 11) is 0. The Morgan fingerprint density at radius 1 is 1.00 bits per heavy atom. The van der Waals surface area contributed by atoms with Crippen LogP contribution < -0.4 is 10.6 Å². The first-order chi connectivity index (χ1) is 8.77. The Labute approximate surface area is 118 Å². The molecule has 0 aromatic rings. The molecule has 2 aliphatic rings. The van der Waals surface area contributed by atoms with Crippen molar-refractivity contribution in [2.24, 2.45) is 16.7 Å². The highest BCUT2D eigenvalue weighted by atomic mass is 16.5. The molecule has 112 valence electrons. The second-order valence-corrected chi connectivity index (χ2v) is 8.15. The van der Waals surface area contributed by atoms with Gasteiger partial charge in [0.05, 0.1) is 12.2 Å². The molecule has 2 rings (SSSR count). The lowest BCUT2D eigenvalue weighted by molar-refractivity contribution is -0.0877. The van der Waals surface area contributed by atoms with Gasteiger partial charge in [0, 0.05) is 25.0 Å². The van der Waals surface area contributed by atoms with Gasteiger partial charge in [-0.2, -0.15) is 0 Å². The monoisotopic (exact) mass is 268 g/mol. The van der Waals surface area contributed by atoms with Gasteiger partial charge in [-0.3, -0.25) is 0 Å². The van der Waals surface area contributed by atoms with E-state index in [1.165, 1.54) is 0 Å². The zero-order chi connectivity index (χ0) is 14.1. The molecule has 0 bridgehead atoms. The van der Waals surface area contributed by atoms with Gasteiger partial charge in [0.25, 0.3) is 0 Å². The van der Waals surface area contributed by atoms with Crippen LogP contribution in [0.3, 0.4) is 0 Å². The maximum atomic E-state index is 6.52. The van der Waals surface area contributed by atoms with E-state index < -0.39 is 0 Å². The van der Waals surface area contributed by atoms with Crippen LogP contribution >= 0.6 is 0 Å². The Balaban J connectivity index is 2.12. The third kappa shape index (κ3) is 3.50. The van der Waals surface area contributed by atoms with Gasteiger partial charge in [-0.05, 0) is 30.7 Å². The SMILES string of the molecule is CC(C)C1(C)CNCC2(CCNCC(C)(C)C2)OC1. The van der Waals surface area contributed by atoms with Crippen molar-refractivity contribution in [3.63, 3.8) is 0 Å². The number of ether oxygens (including phenoxy) is 1. The third-order valence-electron chi connectivity index (χ3n) is 5.24. The highest BCUT2D eigenvalue weighted by Gasteiger charge is 2.43. The quantitative estimate of drug-likeness (QED) is 0.766. The van der Waals surface area contributed by atoms with Gasteiger partial charge < -0.3 is 15.4 Å². The first-order valence-corrected chi connectivity index (χ1v) is 7.83. The standard InChI is InChI=1S/C16H32N2O/c1-13(2)15(5)10-18-11-16(19-12-15)6-7-17-9-14(3,4)8-16/h13,17-18H,6-12H2,1-5H3. The maximum Gasteiger partial charge on any atom is 0.0824 e. The zero-order valence-corrected chi connectivity index (χ0v) is 13.4. The minimum atomic E-state index is 0.0274. The van der Waals surface area contributed by atoms with Gasteiger partial charge >= 0.3 is 0 Å². The lowest BCUT2D eigenvalue weighted by Gasteiger charge is -2.38. The average Bonchev–Trinajstić information content (AvgIpc) is 2.55. The number of hydrogen-bond donors (Lipinski definition) is 2. The van der Waals surface area contributed by atoms with Crippen LogP contribution in [0, 0.1) is 16.7 Å². The molecule has 2 fully saturated rings. The predicted molar refractivity (Wildman–Crippen MR) is 80.4 cm³/mol. The molecule has 3 nitrogen and oxygen atoms in total. The Hall–Kier alpha value is -0.120. The molecule has 0 aliphatic carbocycles. The fourth-order valence-electron chi connectivity index (χ4n) is 3.41. The number of rotatable bonds is 1. The average molecular weight is 268 g/mol. The Morgan fingerprint density at radius 2 is 1.74 bits per heavy atom. The molecule has 1 spiro atoms. The van der Waals surface area contributed by atoms with E-state index in [0.717, 1.165) is 45.6 Å². The van der Waals surface area contributed by atoms with Gasteiger partial charge in [-0.25, -0.2) is 0 Å². The van der Waals surface area contributed by atoms with E-state index >= 15 is 0 Å². The summed E-state index contributed by atoms with van der Waals surface area (Å²) in [5.74, 6) is 0.645. The molecule has 2 heterocycles. The van der Waals surface area contributed by atoms with Crippen LogP contribution in [0.4, 0.5) is 0 Å². The first-order valence-electron chi connectivity index (χ1n) is 7.83. The van der Waals surface area contributed by atoms with Crippen LogP contribution in [-0.4, -0.2) is 38.4 Å². The minimum absolute atomic E-state index is 0.0274. The highest BCUT2D eigenvalue weighted by Crippen LogP contribution is 2.38. The van der Waals surface area contributed by atoms with Gasteiger partial charge in [0.15, 0.2) is 0 Å². The van der Waals surface area contributed by atoms with Crippen molar-refractivity contribution in [1.29, 1.82) is 0 Å². The van der Waals surface area contributed by atoms with E-state index in [1.54, 1.807) is 0 Å². The summed E-state index contributed by atoms with van der Waals surface area (Å²) in [5, 5.41) is 7.26. The summed E-state index contributed by atoms with van der Waals surface area (Å²) in [5.41, 5.74) is 0.601. The van der Waals surface area contributed by atoms with Crippen molar-refractivity contribution in [1.82, 2.24) is 10.6 Å². The van der Waals surface area contributed by atoms with Crippen molar-refractivity contribution in [3.8, 4) is 0 Å². The van der Waals surface area contributed by atoms with Crippen molar-refractivity contribution in [3.05, 3.63) is 0 Å². The summed E-state index contributed by atoms with van der Waals surface area (Å²) in [4.78, 5) is 0. The van der Waals surface area contributed by atoms with Gasteiger partial charge in [-0.15, -0.1) is 0 Å². The summed E-state index contributed by atoms with van der Waals surface area (Å²) >= 11 is 0. The molecule has 0 radical (unpaired) electrons. The molecule has 2 saturated heterocycles. The van der Waals surface area contributed by atoms with Crippen molar-refractivity contribution < 1.29 is 4.74 Å². The van der Waals surface area contributed by atoms with Crippen LogP contribution in [-0.2, 0) is 4.74 Å². The number of nitrogens with one attached hydrogen (secondary N) is 2. The molecule has 0 aromatic heterocycles. The smallest absolute Gasteiger partial charge is 0.0824 e. The maximum absolute atomic E-state index is 6.52. The van der Waals surface area contributed by atoms with Gasteiger partial charge in [0.2, 0.25) is 0 Å². The largest absolute Gasteiger partial charge is 0.373 e. The predicted octanol–water partition coefficient (Wildman–Crippen LogP) is 2.42.